The molecule has 2 nitrogen and oxygen atoms in total. The molecule has 98 valence electrons. The van der Waals surface area contributed by atoms with Crippen molar-refractivity contribution < 1.29 is 23.1 Å². The molecule has 0 bridgehead atoms. The Morgan fingerprint density at radius 1 is 1.50 bits per heavy atom. The van der Waals surface area contributed by atoms with Crippen LogP contribution >= 0.6 is 11.8 Å². The maximum Gasteiger partial charge on any atom is 0.416 e. The molecule has 0 aliphatic carbocycles. The average molecular weight is 276 g/mol. The molecule has 1 aromatic carbocycles. The molecule has 0 radical (unpaired) electrons. The number of carboxylic acids is 1. The Balaban J connectivity index is 2.39. The Morgan fingerprint density at radius 2 is 2.17 bits per heavy atom. The Bertz CT molecular complexity index is 485. The van der Waals surface area contributed by atoms with Crippen molar-refractivity contribution >= 4 is 17.7 Å². The zero-order chi connectivity index (χ0) is 13.5. The first-order chi connectivity index (χ1) is 8.30. The van der Waals surface area contributed by atoms with Gasteiger partial charge < -0.3 is 5.11 Å². The predicted molar refractivity (Wildman–Crippen MR) is 61.7 cm³/mol. The largest absolute Gasteiger partial charge is 0.481 e. The summed E-state index contributed by atoms with van der Waals surface area (Å²) in [7, 11) is 0. The second-order valence-electron chi connectivity index (χ2n) is 4.29. The molecule has 0 fully saturated rings. The molecule has 0 spiro atoms. The van der Waals surface area contributed by atoms with Crippen molar-refractivity contribution in [1.82, 2.24) is 0 Å². The molecule has 0 aromatic heterocycles. The molecule has 1 aliphatic rings. The number of halogens is 3. The van der Waals surface area contributed by atoms with Crippen molar-refractivity contribution in [3.05, 3.63) is 29.3 Å². The topological polar surface area (TPSA) is 37.3 Å². The van der Waals surface area contributed by atoms with Crippen molar-refractivity contribution in [2.75, 3.05) is 5.75 Å². The maximum atomic E-state index is 12.6. The van der Waals surface area contributed by atoms with Crippen LogP contribution in [-0.2, 0) is 11.0 Å². The van der Waals surface area contributed by atoms with Crippen LogP contribution in [0.2, 0.25) is 0 Å². The Kier molecular flexibility index (Phi) is 3.31. The van der Waals surface area contributed by atoms with E-state index in [1.165, 1.54) is 24.8 Å². The van der Waals surface area contributed by atoms with Gasteiger partial charge in [0.1, 0.15) is 0 Å². The highest BCUT2D eigenvalue weighted by Gasteiger charge is 2.36. The number of carboxylic acid groups (broad SMARTS) is 1. The third-order valence-electron chi connectivity index (χ3n) is 3.15. The van der Waals surface area contributed by atoms with Crippen LogP contribution in [0.15, 0.2) is 23.1 Å². The summed E-state index contributed by atoms with van der Waals surface area (Å²) < 4.78 is 37.9. The highest BCUT2D eigenvalue weighted by molar-refractivity contribution is 7.99. The molecule has 1 aliphatic heterocycles. The van der Waals surface area contributed by atoms with E-state index in [-0.39, 0.29) is 5.92 Å². The number of rotatable bonds is 2. The van der Waals surface area contributed by atoms with E-state index < -0.39 is 23.6 Å². The summed E-state index contributed by atoms with van der Waals surface area (Å²) in [6.45, 7) is 1.53. The van der Waals surface area contributed by atoms with E-state index in [9.17, 15) is 18.0 Å². The minimum Gasteiger partial charge on any atom is -0.481 e. The molecule has 0 saturated heterocycles. The summed E-state index contributed by atoms with van der Waals surface area (Å²) in [5.41, 5.74) is -0.212. The molecule has 2 rings (SSSR count). The van der Waals surface area contributed by atoms with E-state index in [4.69, 9.17) is 5.11 Å². The van der Waals surface area contributed by atoms with E-state index in [0.29, 0.717) is 11.3 Å². The van der Waals surface area contributed by atoms with Crippen LogP contribution in [0.4, 0.5) is 13.2 Å². The number of carbonyl (C=O) groups is 1. The molecule has 1 N–H and O–H groups in total. The van der Waals surface area contributed by atoms with E-state index in [0.717, 1.165) is 17.0 Å². The zero-order valence-electron chi connectivity index (χ0n) is 9.49. The molecular formula is C12H11F3O2S. The normalized spacial score (nSPS) is 20.6. The lowest BCUT2D eigenvalue weighted by Gasteiger charge is -2.16. The van der Waals surface area contributed by atoms with Crippen molar-refractivity contribution in [2.24, 2.45) is 5.92 Å². The molecule has 6 heteroatoms. The summed E-state index contributed by atoms with van der Waals surface area (Å²) in [5.74, 6) is -1.50. The quantitative estimate of drug-likeness (QED) is 0.896. The van der Waals surface area contributed by atoms with Crippen LogP contribution in [0.5, 0.6) is 0 Å². The standard InChI is InChI=1S/C12H11F3O2S/c1-6(11(16)17)9-5-18-10-3-2-7(4-8(9)10)12(13,14)15/h2-4,6,9H,5H2,1H3,(H,16,17). The van der Waals surface area contributed by atoms with Gasteiger partial charge in [-0.3, -0.25) is 4.79 Å². The van der Waals surface area contributed by atoms with Crippen LogP contribution in [0.1, 0.15) is 24.0 Å². The van der Waals surface area contributed by atoms with Gasteiger partial charge >= 0.3 is 12.1 Å². The second-order valence-corrected chi connectivity index (χ2v) is 5.36. The van der Waals surface area contributed by atoms with Gasteiger partial charge in [-0.05, 0) is 23.8 Å². The lowest BCUT2D eigenvalue weighted by molar-refractivity contribution is -0.141. The number of hydrogen-bond acceptors (Lipinski definition) is 2. The van der Waals surface area contributed by atoms with Gasteiger partial charge in [0.15, 0.2) is 0 Å². The fourth-order valence-corrected chi connectivity index (χ4v) is 3.37. The third kappa shape index (κ3) is 2.34. The number of aliphatic carboxylic acids is 1. The molecule has 2 unspecified atom stereocenters. The van der Waals surface area contributed by atoms with Crippen LogP contribution in [0, 0.1) is 5.92 Å². The predicted octanol–water partition coefficient (Wildman–Crippen LogP) is 3.62. The minimum absolute atomic E-state index is 0.357. The zero-order valence-corrected chi connectivity index (χ0v) is 10.3. The highest BCUT2D eigenvalue weighted by Crippen LogP contribution is 2.45. The van der Waals surface area contributed by atoms with Crippen molar-refractivity contribution in [1.29, 1.82) is 0 Å². The summed E-state index contributed by atoms with van der Waals surface area (Å²) >= 11 is 1.41. The average Bonchev–Trinajstić information content (AvgIpc) is 2.69. The monoisotopic (exact) mass is 276 g/mol. The van der Waals surface area contributed by atoms with E-state index in [1.807, 2.05) is 0 Å². The van der Waals surface area contributed by atoms with Gasteiger partial charge in [0.05, 0.1) is 11.5 Å². The molecule has 18 heavy (non-hydrogen) atoms. The smallest absolute Gasteiger partial charge is 0.416 e. The summed E-state index contributed by atoms with van der Waals surface area (Å²) in [6, 6.07) is 3.55. The molecule has 2 atom stereocenters. The molecule has 1 heterocycles. The van der Waals surface area contributed by atoms with E-state index in [1.54, 1.807) is 0 Å². The Hall–Kier alpha value is -1.17. The van der Waals surface area contributed by atoms with Crippen molar-refractivity contribution in [3.63, 3.8) is 0 Å². The second kappa shape index (κ2) is 4.50. The van der Waals surface area contributed by atoms with Gasteiger partial charge in [0, 0.05) is 16.6 Å². The van der Waals surface area contributed by atoms with Crippen LogP contribution in [0.3, 0.4) is 0 Å². The number of fused-ring (bicyclic) bond motifs is 1. The first kappa shape index (κ1) is 13.3. The van der Waals surface area contributed by atoms with Gasteiger partial charge in [0.25, 0.3) is 0 Å². The number of thioether (sulfide) groups is 1. The molecule has 0 amide bonds. The lowest BCUT2D eigenvalue weighted by atomic mass is 9.88. The van der Waals surface area contributed by atoms with Gasteiger partial charge in [-0.25, -0.2) is 0 Å². The Labute approximate surface area is 106 Å². The number of benzene rings is 1. The molecule has 1 aromatic rings. The third-order valence-corrected chi connectivity index (χ3v) is 4.36. The van der Waals surface area contributed by atoms with E-state index >= 15 is 0 Å². The Morgan fingerprint density at radius 3 is 2.72 bits per heavy atom. The highest BCUT2D eigenvalue weighted by atomic mass is 32.2. The lowest BCUT2D eigenvalue weighted by Crippen LogP contribution is -2.19. The fraction of sp³-hybridized carbons (Fsp3) is 0.417. The number of alkyl halides is 3. The maximum absolute atomic E-state index is 12.6. The van der Waals surface area contributed by atoms with E-state index in [2.05, 4.69) is 0 Å². The minimum atomic E-state index is -4.39. The van der Waals surface area contributed by atoms with Crippen LogP contribution in [0.25, 0.3) is 0 Å². The van der Waals surface area contributed by atoms with Crippen molar-refractivity contribution in [2.45, 2.75) is 23.9 Å². The fourth-order valence-electron chi connectivity index (χ4n) is 2.00. The van der Waals surface area contributed by atoms with Crippen LogP contribution < -0.4 is 0 Å². The van der Waals surface area contributed by atoms with Gasteiger partial charge in [-0.15, -0.1) is 11.8 Å². The van der Waals surface area contributed by atoms with Gasteiger partial charge in [-0.2, -0.15) is 13.2 Å². The summed E-state index contributed by atoms with van der Waals surface area (Å²) in [5, 5.41) is 8.97. The first-order valence-corrected chi connectivity index (χ1v) is 6.36. The summed E-state index contributed by atoms with van der Waals surface area (Å²) in [4.78, 5) is 11.7. The van der Waals surface area contributed by atoms with Crippen molar-refractivity contribution in [3.8, 4) is 0 Å². The van der Waals surface area contributed by atoms with Gasteiger partial charge in [0.2, 0.25) is 0 Å². The van der Waals surface area contributed by atoms with Crippen LogP contribution in [-0.4, -0.2) is 16.8 Å². The number of hydrogen-bond donors (Lipinski definition) is 1. The first-order valence-electron chi connectivity index (χ1n) is 5.37. The molecule has 0 saturated carbocycles. The van der Waals surface area contributed by atoms with Gasteiger partial charge in [-0.1, -0.05) is 6.92 Å². The summed E-state index contributed by atoms with van der Waals surface area (Å²) in [6.07, 6.45) is -4.39. The molecular weight excluding hydrogens is 265 g/mol. The SMILES string of the molecule is CC(C(=O)O)C1CSc2ccc(C(F)(F)F)cc21.